The van der Waals surface area contributed by atoms with Crippen molar-refractivity contribution in [1.29, 1.82) is 0 Å². The molecule has 0 aliphatic heterocycles. The summed E-state index contributed by atoms with van der Waals surface area (Å²) in [5, 5.41) is 3.50. The van der Waals surface area contributed by atoms with Gasteiger partial charge in [0.2, 0.25) is 0 Å². The van der Waals surface area contributed by atoms with Crippen molar-refractivity contribution in [1.82, 2.24) is 0 Å². The Labute approximate surface area is 134 Å². The van der Waals surface area contributed by atoms with Gasteiger partial charge < -0.3 is 5.32 Å². The van der Waals surface area contributed by atoms with Crippen LogP contribution in [0.25, 0.3) is 5.57 Å². The lowest BCUT2D eigenvalue weighted by atomic mass is 9.99. The summed E-state index contributed by atoms with van der Waals surface area (Å²) in [6.45, 7) is 14.6. The summed E-state index contributed by atoms with van der Waals surface area (Å²) in [5.74, 6) is 0.552. The molecule has 0 fully saturated rings. The van der Waals surface area contributed by atoms with Gasteiger partial charge in [0.1, 0.15) is 0 Å². The minimum Gasteiger partial charge on any atom is -0.355 e. The highest BCUT2D eigenvalue weighted by Crippen LogP contribution is 2.29. The van der Waals surface area contributed by atoms with E-state index in [1.165, 1.54) is 5.56 Å². The molecule has 0 aliphatic rings. The Hall–Kier alpha value is -2.28. The third-order valence-corrected chi connectivity index (χ3v) is 3.68. The maximum absolute atomic E-state index is 4.20. The molecule has 0 heterocycles. The first-order chi connectivity index (χ1) is 10.5. The van der Waals surface area contributed by atoms with Crippen molar-refractivity contribution >= 4 is 16.9 Å². The van der Waals surface area contributed by atoms with E-state index in [1.54, 1.807) is 0 Å². The first-order valence-corrected chi connectivity index (χ1v) is 7.76. The van der Waals surface area contributed by atoms with Gasteiger partial charge >= 0.3 is 0 Å². The average Bonchev–Trinajstić information content (AvgIpc) is 2.47. The van der Waals surface area contributed by atoms with Crippen LogP contribution in [0.1, 0.15) is 44.2 Å². The predicted octanol–water partition coefficient (Wildman–Crippen LogP) is 6.53. The number of allylic oxidation sites excluding steroid dienone is 2. The summed E-state index contributed by atoms with van der Waals surface area (Å²) in [6.07, 6.45) is 0.824. The lowest BCUT2D eigenvalue weighted by Gasteiger charge is -2.15. The minimum absolute atomic E-state index is 0.552. The Kier molecular flexibility index (Phi) is 5.21. The summed E-state index contributed by atoms with van der Waals surface area (Å²) in [7, 11) is 0. The first-order valence-electron chi connectivity index (χ1n) is 7.76. The fourth-order valence-corrected chi connectivity index (χ4v) is 2.47. The topological polar surface area (TPSA) is 12.0 Å². The fraction of sp³-hybridized carbons (Fsp3) is 0.238. The van der Waals surface area contributed by atoms with Crippen LogP contribution in [0, 0.1) is 0 Å². The van der Waals surface area contributed by atoms with Gasteiger partial charge in [0.25, 0.3) is 0 Å². The van der Waals surface area contributed by atoms with E-state index in [0.29, 0.717) is 5.92 Å². The number of hydrogen-bond donors (Lipinski definition) is 1. The van der Waals surface area contributed by atoms with Crippen LogP contribution in [0.5, 0.6) is 0 Å². The Morgan fingerprint density at radius 1 is 1.00 bits per heavy atom. The molecular weight excluding hydrogens is 266 g/mol. The number of hydrogen-bond acceptors (Lipinski definition) is 1. The van der Waals surface area contributed by atoms with Gasteiger partial charge in [-0.2, -0.15) is 0 Å². The van der Waals surface area contributed by atoms with Crippen molar-refractivity contribution in [3.05, 3.63) is 78.4 Å². The SMILES string of the molecule is C=C(C)CC(=C)c1ccccc1Nc1ccc(C(C)C)cc1. The standard InChI is InChI=1S/C21H25N/c1-15(2)14-17(5)20-8-6-7-9-21(20)22-19-12-10-18(11-13-19)16(3)4/h6-13,16,22H,1,5,14H2,2-4H3. The van der Waals surface area contributed by atoms with Crippen LogP contribution in [-0.4, -0.2) is 0 Å². The second kappa shape index (κ2) is 7.13. The van der Waals surface area contributed by atoms with Crippen LogP contribution in [0.2, 0.25) is 0 Å². The summed E-state index contributed by atoms with van der Waals surface area (Å²) in [6, 6.07) is 16.9. The zero-order chi connectivity index (χ0) is 16.1. The summed E-state index contributed by atoms with van der Waals surface area (Å²) >= 11 is 0. The molecule has 22 heavy (non-hydrogen) atoms. The Morgan fingerprint density at radius 2 is 1.64 bits per heavy atom. The molecule has 0 aromatic heterocycles. The molecule has 2 rings (SSSR count). The van der Waals surface area contributed by atoms with E-state index in [1.807, 2.05) is 19.1 Å². The lowest BCUT2D eigenvalue weighted by molar-refractivity contribution is 0.867. The molecule has 0 atom stereocenters. The van der Waals surface area contributed by atoms with Crippen LogP contribution in [-0.2, 0) is 0 Å². The zero-order valence-electron chi connectivity index (χ0n) is 13.8. The van der Waals surface area contributed by atoms with Gasteiger partial charge in [0, 0.05) is 16.9 Å². The molecule has 114 valence electrons. The lowest BCUT2D eigenvalue weighted by Crippen LogP contribution is -1.96. The highest BCUT2D eigenvalue weighted by atomic mass is 14.9. The van der Waals surface area contributed by atoms with Gasteiger partial charge in [0.05, 0.1) is 0 Å². The number of rotatable bonds is 6. The summed E-state index contributed by atoms with van der Waals surface area (Å²) in [4.78, 5) is 0. The molecule has 1 nitrogen and oxygen atoms in total. The smallest absolute Gasteiger partial charge is 0.0460 e. The molecule has 0 radical (unpaired) electrons. The van der Waals surface area contributed by atoms with E-state index >= 15 is 0 Å². The van der Waals surface area contributed by atoms with E-state index in [9.17, 15) is 0 Å². The average molecular weight is 291 g/mol. The van der Waals surface area contributed by atoms with Crippen LogP contribution in [0.4, 0.5) is 11.4 Å². The van der Waals surface area contributed by atoms with Gasteiger partial charge in [-0.05, 0) is 48.6 Å². The third-order valence-electron chi connectivity index (χ3n) is 3.68. The molecule has 0 spiro atoms. The number of para-hydroxylation sites is 1. The van der Waals surface area contributed by atoms with Crippen LogP contribution in [0.3, 0.4) is 0 Å². The summed E-state index contributed by atoms with van der Waals surface area (Å²) < 4.78 is 0. The molecule has 2 aromatic carbocycles. The molecule has 0 amide bonds. The number of anilines is 2. The minimum atomic E-state index is 0.552. The Bertz CT molecular complexity index is 663. The van der Waals surface area contributed by atoms with Gasteiger partial charge in [-0.1, -0.05) is 62.9 Å². The molecule has 1 heteroatoms. The highest BCUT2D eigenvalue weighted by Gasteiger charge is 2.06. The predicted molar refractivity (Wildman–Crippen MR) is 98.7 cm³/mol. The van der Waals surface area contributed by atoms with E-state index < -0.39 is 0 Å². The van der Waals surface area contributed by atoms with Crippen molar-refractivity contribution in [2.24, 2.45) is 0 Å². The quantitative estimate of drug-likeness (QED) is 0.596. The van der Waals surface area contributed by atoms with E-state index in [0.717, 1.165) is 34.5 Å². The molecule has 0 unspecified atom stereocenters. The molecule has 0 saturated carbocycles. The molecule has 0 bridgehead atoms. The summed E-state index contributed by atoms with van der Waals surface area (Å²) in [5.41, 5.74) is 6.91. The first kappa shape index (κ1) is 16.1. The van der Waals surface area contributed by atoms with Crippen molar-refractivity contribution in [2.45, 2.75) is 33.1 Å². The van der Waals surface area contributed by atoms with E-state index in [4.69, 9.17) is 0 Å². The highest BCUT2D eigenvalue weighted by molar-refractivity contribution is 5.79. The second-order valence-corrected chi connectivity index (χ2v) is 6.18. The molecular formula is C21H25N. The second-order valence-electron chi connectivity index (χ2n) is 6.18. The van der Waals surface area contributed by atoms with E-state index in [2.05, 4.69) is 68.7 Å². The van der Waals surface area contributed by atoms with Gasteiger partial charge in [-0.25, -0.2) is 0 Å². The Balaban J connectivity index is 2.22. The van der Waals surface area contributed by atoms with Crippen molar-refractivity contribution in [3.8, 4) is 0 Å². The third kappa shape index (κ3) is 4.11. The molecule has 2 aromatic rings. The zero-order valence-corrected chi connectivity index (χ0v) is 13.8. The van der Waals surface area contributed by atoms with Crippen molar-refractivity contribution in [3.63, 3.8) is 0 Å². The van der Waals surface area contributed by atoms with Crippen molar-refractivity contribution < 1.29 is 0 Å². The normalized spacial score (nSPS) is 10.5. The maximum Gasteiger partial charge on any atom is 0.0460 e. The van der Waals surface area contributed by atoms with Gasteiger partial charge in [0.15, 0.2) is 0 Å². The van der Waals surface area contributed by atoms with E-state index in [-0.39, 0.29) is 0 Å². The van der Waals surface area contributed by atoms with Crippen LogP contribution >= 0.6 is 0 Å². The van der Waals surface area contributed by atoms with Crippen molar-refractivity contribution in [2.75, 3.05) is 5.32 Å². The van der Waals surface area contributed by atoms with Gasteiger partial charge in [-0.3, -0.25) is 0 Å². The number of benzene rings is 2. The van der Waals surface area contributed by atoms with Crippen LogP contribution < -0.4 is 5.32 Å². The monoisotopic (exact) mass is 291 g/mol. The molecule has 1 N–H and O–H groups in total. The Morgan fingerprint density at radius 3 is 2.23 bits per heavy atom. The van der Waals surface area contributed by atoms with Crippen LogP contribution in [0.15, 0.2) is 67.3 Å². The maximum atomic E-state index is 4.20. The molecule has 0 aliphatic carbocycles. The number of nitrogens with one attached hydrogen (secondary N) is 1. The molecule has 0 saturated heterocycles. The largest absolute Gasteiger partial charge is 0.355 e. The van der Waals surface area contributed by atoms with Gasteiger partial charge in [-0.15, -0.1) is 0 Å². The fourth-order valence-electron chi connectivity index (χ4n) is 2.47.